The minimum atomic E-state index is -0.675. The summed E-state index contributed by atoms with van der Waals surface area (Å²) in [5.74, 6) is 0.251. The average Bonchev–Trinajstić information content (AvgIpc) is 2.39. The van der Waals surface area contributed by atoms with Gasteiger partial charge in [0, 0.05) is 18.0 Å². The maximum Gasteiger partial charge on any atom is 0.224 e. The van der Waals surface area contributed by atoms with E-state index in [2.05, 4.69) is 23.6 Å². The van der Waals surface area contributed by atoms with Gasteiger partial charge >= 0.3 is 0 Å². The molecular weight excluding hydrogens is 252 g/mol. The van der Waals surface area contributed by atoms with Crippen molar-refractivity contribution in [2.24, 2.45) is 5.92 Å². The Labute approximate surface area is 119 Å². The van der Waals surface area contributed by atoms with Gasteiger partial charge in [-0.15, -0.1) is 0 Å². The predicted octanol–water partition coefficient (Wildman–Crippen LogP) is 1.37. The maximum atomic E-state index is 11.7. The lowest BCUT2D eigenvalue weighted by Gasteiger charge is -2.61. The Morgan fingerprint density at radius 3 is 3.10 bits per heavy atom. The van der Waals surface area contributed by atoms with Gasteiger partial charge in [-0.05, 0) is 51.1 Å². The van der Waals surface area contributed by atoms with Gasteiger partial charge < -0.3 is 15.7 Å². The fourth-order valence-corrected chi connectivity index (χ4v) is 4.97. The first kappa shape index (κ1) is 12.6. The highest BCUT2D eigenvalue weighted by molar-refractivity contribution is 5.80. The van der Waals surface area contributed by atoms with Crippen LogP contribution in [0, 0.1) is 5.92 Å². The maximum absolute atomic E-state index is 11.7. The van der Waals surface area contributed by atoms with Gasteiger partial charge in [-0.1, -0.05) is 11.6 Å². The van der Waals surface area contributed by atoms with E-state index in [1.807, 2.05) is 0 Å². The van der Waals surface area contributed by atoms with Gasteiger partial charge in [-0.3, -0.25) is 4.79 Å². The van der Waals surface area contributed by atoms with Crippen molar-refractivity contribution < 1.29 is 9.90 Å². The van der Waals surface area contributed by atoms with E-state index in [9.17, 15) is 9.90 Å². The van der Waals surface area contributed by atoms with Crippen molar-refractivity contribution in [2.45, 2.75) is 56.6 Å². The molecule has 4 heteroatoms. The molecule has 0 unspecified atom stereocenters. The van der Waals surface area contributed by atoms with Crippen LogP contribution in [0.15, 0.2) is 22.9 Å². The first-order valence-corrected chi connectivity index (χ1v) is 7.72. The molecular formula is C16H22N2O2. The van der Waals surface area contributed by atoms with E-state index < -0.39 is 5.60 Å². The summed E-state index contributed by atoms with van der Waals surface area (Å²) in [5.41, 5.74) is 2.69. The zero-order valence-corrected chi connectivity index (χ0v) is 12.0. The molecule has 4 nitrogen and oxygen atoms in total. The highest BCUT2D eigenvalue weighted by Gasteiger charge is 2.62. The highest BCUT2D eigenvalue weighted by Crippen LogP contribution is 2.55. The lowest BCUT2D eigenvalue weighted by molar-refractivity contribution is -0.125. The van der Waals surface area contributed by atoms with Gasteiger partial charge in [0.2, 0.25) is 5.91 Å². The minimum absolute atomic E-state index is 0.125. The second-order valence-electron chi connectivity index (χ2n) is 6.87. The molecule has 1 saturated heterocycles. The fourth-order valence-electron chi connectivity index (χ4n) is 4.97. The first-order valence-electron chi connectivity index (χ1n) is 7.72. The summed E-state index contributed by atoms with van der Waals surface area (Å²) < 4.78 is 0. The molecule has 0 saturated carbocycles. The van der Waals surface area contributed by atoms with E-state index in [0.717, 1.165) is 44.3 Å². The number of rotatable bonds is 0. The smallest absolute Gasteiger partial charge is 0.224 e. The second kappa shape index (κ2) is 3.95. The largest absolute Gasteiger partial charge is 0.387 e. The topological polar surface area (TPSA) is 61.4 Å². The van der Waals surface area contributed by atoms with Crippen LogP contribution in [0.4, 0.5) is 0 Å². The lowest BCUT2D eigenvalue weighted by atomic mass is 9.53. The summed E-state index contributed by atoms with van der Waals surface area (Å²) in [7, 11) is 0. The lowest BCUT2D eigenvalue weighted by Crippen LogP contribution is -2.73. The predicted molar refractivity (Wildman–Crippen MR) is 75.8 cm³/mol. The molecule has 20 heavy (non-hydrogen) atoms. The van der Waals surface area contributed by atoms with Gasteiger partial charge in [0.05, 0.1) is 11.1 Å². The van der Waals surface area contributed by atoms with E-state index in [4.69, 9.17) is 0 Å². The fraction of sp³-hybridized carbons (Fsp3) is 0.688. The minimum Gasteiger partial charge on any atom is -0.387 e. The number of amides is 1. The molecule has 4 rings (SSSR count). The normalized spacial score (nSPS) is 43.4. The van der Waals surface area contributed by atoms with Crippen molar-refractivity contribution in [3.63, 3.8) is 0 Å². The molecule has 2 aliphatic carbocycles. The molecule has 0 aromatic heterocycles. The molecule has 0 spiro atoms. The number of carbonyl (C=O) groups is 1. The third-order valence-corrected chi connectivity index (χ3v) is 5.74. The molecule has 0 radical (unpaired) electrons. The van der Waals surface area contributed by atoms with Crippen LogP contribution in [0.3, 0.4) is 0 Å². The van der Waals surface area contributed by atoms with Crippen molar-refractivity contribution in [3.8, 4) is 0 Å². The summed E-state index contributed by atoms with van der Waals surface area (Å²) in [5, 5.41) is 18.1. The van der Waals surface area contributed by atoms with Crippen molar-refractivity contribution in [1.82, 2.24) is 10.6 Å². The Bertz CT molecular complexity index is 551. The standard InChI is InChI=1S/C16H22N2O2/c1-10-7-11-8-13-12(3-4-14(19)18-13)15(9-10)16(11,20)5-2-6-17-15/h7,11,17,20H,2-6,8-9H2,1H3,(H,18,19)/t11-,15-,16-/m0/s1. The van der Waals surface area contributed by atoms with Crippen molar-refractivity contribution in [3.05, 3.63) is 22.9 Å². The molecule has 2 bridgehead atoms. The molecule has 1 amide bonds. The molecule has 3 atom stereocenters. The zero-order chi connectivity index (χ0) is 14.0. The number of piperidine rings is 1. The number of aliphatic hydroxyl groups is 1. The van der Waals surface area contributed by atoms with Gasteiger partial charge in [0.25, 0.3) is 0 Å². The molecule has 2 aliphatic heterocycles. The number of nitrogens with one attached hydrogen (secondary N) is 2. The summed E-state index contributed by atoms with van der Waals surface area (Å²) in [4.78, 5) is 11.7. The first-order chi connectivity index (χ1) is 9.55. The molecule has 0 aromatic rings. The van der Waals surface area contributed by atoms with Gasteiger partial charge in [-0.2, -0.15) is 0 Å². The van der Waals surface area contributed by atoms with Crippen LogP contribution >= 0.6 is 0 Å². The summed E-state index contributed by atoms with van der Waals surface area (Å²) >= 11 is 0. The van der Waals surface area contributed by atoms with Crippen LogP contribution in [0.1, 0.15) is 45.4 Å². The van der Waals surface area contributed by atoms with E-state index in [1.54, 1.807) is 0 Å². The third kappa shape index (κ3) is 1.41. The summed E-state index contributed by atoms with van der Waals surface area (Å²) in [6.45, 7) is 3.12. The molecule has 3 N–H and O–H groups in total. The van der Waals surface area contributed by atoms with Gasteiger partial charge in [-0.25, -0.2) is 0 Å². The van der Waals surface area contributed by atoms with Gasteiger partial charge in [0.1, 0.15) is 0 Å². The summed E-state index contributed by atoms with van der Waals surface area (Å²) in [6, 6.07) is 0. The van der Waals surface area contributed by atoms with Crippen LogP contribution in [0.5, 0.6) is 0 Å². The Kier molecular flexibility index (Phi) is 2.49. The van der Waals surface area contributed by atoms with Crippen LogP contribution < -0.4 is 10.6 Å². The van der Waals surface area contributed by atoms with Crippen molar-refractivity contribution in [2.75, 3.05) is 6.54 Å². The third-order valence-electron chi connectivity index (χ3n) is 5.74. The van der Waals surface area contributed by atoms with Crippen molar-refractivity contribution >= 4 is 5.91 Å². The number of carbonyl (C=O) groups excluding carboxylic acids is 1. The van der Waals surface area contributed by atoms with Crippen molar-refractivity contribution in [1.29, 1.82) is 0 Å². The molecule has 108 valence electrons. The quantitative estimate of drug-likeness (QED) is 0.585. The molecule has 4 aliphatic rings. The molecule has 2 heterocycles. The zero-order valence-electron chi connectivity index (χ0n) is 12.0. The van der Waals surface area contributed by atoms with Crippen LogP contribution in [0.2, 0.25) is 0 Å². The van der Waals surface area contributed by atoms with Crippen LogP contribution in [0.25, 0.3) is 0 Å². The van der Waals surface area contributed by atoms with E-state index in [1.165, 1.54) is 11.1 Å². The Morgan fingerprint density at radius 1 is 1.40 bits per heavy atom. The highest BCUT2D eigenvalue weighted by atomic mass is 16.3. The SMILES string of the molecule is CC1=C[C@H]2CC3=C(CCC(=O)N3)[C@]3(C1)NCCC[C@]23O. The Balaban J connectivity index is 1.90. The number of hydrogen-bond acceptors (Lipinski definition) is 3. The Hall–Kier alpha value is -1.13. The van der Waals surface area contributed by atoms with E-state index in [-0.39, 0.29) is 17.4 Å². The van der Waals surface area contributed by atoms with E-state index in [0.29, 0.717) is 6.42 Å². The summed E-state index contributed by atoms with van der Waals surface area (Å²) in [6.07, 6.45) is 7.10. The molecule has 1 fully saturated rings. The molecule has 0 aromatic carbocycles. The number of allylic oxidation sites excluding steroid dienone is 1. The Morgan fingerprint density at radius 2 is 2.25 bits per heavy atom. The monoisotopic (exact) mass is 274 g/mol. The van der Waals surface area contributed by atoms with Gasteiger partial charge in [0.15, 0.2) is 0 Å². The number of hydrogen-bond donors (Lipinski definition) is 3. The van der Waals surface area contributed by atoms with E-state index >= 15 is 0 Å². The van der Waals surface area contributed by atoms with Crippen LogP contribution in [-0.2, 0) is 4.79 Å². The van der Waals surface area contributed by atoms with Crippen LogP contribution in [-0.4, -0.2) is 28.7 Å². The second-order valence-corrected chi connectivity index (χ2v) is 6.87. The average molecular weight is 274 g/mol.